The van der Waals surface area contributed by atoms with Crippen molar-refractivity contribution < 1.29 is 19.0 Å². The standard InChI is InChI=1S/C10H11FO3/c1-6(2)14-9-4-3-7(11)5-8(9)10(12)13/h3-6H,1-2H3,(H,12,13). The maximum atomic E-state index is 12.7. The minimum atomic E-state index is -1.19. The number of carboxylic acids is 1. The van der Waals surface area contributed by atoms with Gasteiger partial charge in [-0.2, -0.15) is 0 Å². The van der Waals surface area contributed by atoms with Crippen LogP contribution in [-0.2, 0) is 0 Å². The molecule has 1 aromatic carbocycles. The van der Waals surface area contributed by atoms with E-state index in [0.717, 1.165) is 6.07 Å². The van der Waals surface area contributed by atoms with Gasteiger partial charge in [0.05, 0.1) is 6.10 Å². The molecule has 0 aliphatic rings. The second-order valence-corrected chi connectivity index (χ2v) is 3.11. The molecule has 0 bridgehead atoms. The lowest BCUT2D eigenvalue weighted by Gasteiger charge is -2.11. The molecule has 4 heteroatoms. The molecule has 0 radical (unpaired) electrons. The second-order valence-electron chi connectivity index (χ2n) is 3.11. The molecule has 0 aliphatic heterocycles. The fourth-order valence-electron chi connectivity index (χ4n) is 1.03. The van der Waals surface area contributed by atoms with Crippen LogP contribution < -0.4 is 4.74 Å². The highest BCUT2D eigenvalue weighted by Crippen LogP contribution is 2.20. The van der Waals surface area contributed by atoms with Crippen molar-refractivity contribution in [1.29, 1.82) is 0 Å². The summed E-state index contributed by atoms with van der Waals surface area (Å²) in [5, 5.41) is 8.76. The monoisotopic (exact) mass is 198 g/mol. The van der Waals surface area contributed by atoms with Crippen molar-refractivity contribution in [2.45, 2.75) is 20.0 Å². The number of halogens is 1. The molecule has 0 aromatic heterocycles. The number of carboxylic acid groups (broad SMARTS) is 1. The summed E-state index contributed by atoms with van der Waals surface area (Å²) in [7, 11) is 0. The molecule has 76 valence electrons. The Morgan fingerprint density at radius 2 is 2.14 bits per heavy atom. The maximum Gasteiger partial charge on any atom is 0.339 e. The van der Waals surface area contributed by atoms with E-state index >= 15 is 0 Å². The Hall–Kier alpha value is -1.58. The van der Waals surface area contributed by atoms with Crippen molar-refractivity contribution in [3.8, 4) is 5.75 Å². The number of benzene rings is 1. The third-order valence-electron chi connectivity index (χ3n) is 1.53. The largest absolute Gasteiger partial charge is 0.490 e. The van der Waals surface area contributed by atoms with Crippen LogP contribution in [0.15, 0.2) is 18.2 Å². The summed E-state index contributed by atoms with van der Waals surface area (Å²) >= 11 is 0. The van der Waals surface area contributed by atoms with E-state index in [1.165, 1.54) is 12.1 Å². The number of aromatic carboxylic acids is 1. The summed E-state index contributed by atoms with van der Waals surface area (Å²) in [5.74, 6) is -1.59. The summed E-state index contributed by atoms with van der Waals surface area (Å²) in [4.78, 5) is 10.7. The fourth-order valence-corrected chi connectivity index (χ4v) is 1.03. The van der Waals surface area contributed by atoms with Crippen LogP contribution in [0, 0.1) is 5.82 Å². The van der Waals surface area contributed by atoms with Crippen molar-refractivity contribution in [3.05, 3.63) is 29.6 Å². The minimum Gasteiger partial charge on any atom is -0.490 e. The zero-order valence-electron chi connectivity index (χ0n) is 7.95. The molecule has 3 nitrogen and oxygen atoms in total. The molecule has 1 rings (SSSR count). The number of rotatable bonds is 3. The van der Waals surface area contributed by atoms with Crippen molar-refractivity contribution in [1.82, 2.24) is 0 Å². The number of hydrogen-bond donors (Lipinski definition) is 1. The van der Waals surface area contributed by atoms with E-state index in [-0.39, 0.29) is 17.4 Å². The Balaban J connectivity index is 3.08. The van der Waals surface area contributed by atoms with Gasteiger partial charge >= 0.3 is 5.97 Å². The molecule has 1 aromatic rings. The van der Waals surface area contributed by atoms with Crippen molar-refractivity contribution in [3.63, 3.8) is 0 Å². The van der Waals surface area contributed by atoms with E-state index in [4.69, 9.17) is 9.84 Å². The van der Waals surface area contributed by atoms with Gasteiger partial charge in [0.15, 0.2) is 0 Å². The van der Waals surface area contributed by atoms with Crippen LogP contribution >= 0.6 is 0 Å². The van der Waals surface area contributed by atoms with Crippen molar-refractivity contribution >= 4 is 5.97 Å². The molecule has 0 atom stereocenters. The molecule has 0 spiro atoms. The molecular formula is C10H11FO3. The summed E-state index contributed by atoms with van der Waals surface area (Å²) in [5.41, 5.74) is -0.154. The SMILES string of the molecule is CC(C)Oc1ccc(F)cc1C(=O)O. The van der Waals surface area contributed by atoms with Gasteiger partial charge in [-0.05, 0) is 32.0 Å². The molecule has 0 fully saturated rings. The van der Waals surface area contributed by atoms with E-state index in [9.17, 15) is 9.18 Å². The average molecular weight is 198 g/mol. The maximum absolute atomic E-state index is 12.7. The van der Waals surface area contributed by atoms with Crippen LogP contribution in [0.1, 0.15) is 24.2 Å². The lowest BCUT2D eigenvalue weighted by Crippen LogP contribution is -2.10. The van der Waals surface area contributed by atoms with Crippen LogP contribution in [0.2, 0.25) is 0 Å². The summed E-state index contributed by atoms with van der Waals surface area (Å²) in [6.45, 7) is 3.55. The van der Waals surface area contributed by atoms with E-state index in [1.807, 2.05) is 0 Å². The van der Waals surface area contributed by atoms with Gasteiger partial charge in [0.25, 0.3) is 0 Å². The van der Waals surface area contributed by atoms with Gasteiger partial charge < -0.3 is 9.84 Å². The van der Waals surface area contributed by atoms with E-state index in [0.29, 0.717) is 0 Å². The lowest BCUT2D eigenvalue weighted by atomic mass is 10.2. The summed E-state index contributed by atoms with van der Waals surface area (Å²) in [6, 6.07) is 3.43. The van der Waals surface area contributed by atoms with E-state index < -0.39 is 11.8 Å². The predicted molar refractivity (Wildman–Crippen MR) is 49.1 cm³/mol. The molecule has 0 amide bonds. The second kappa shape index (κ2) is 4.09. The molecule has 0 saturated heterocycles. The first-order chi connectivity index (χ1) is 6.50. The van der Waals surface area contributed by atoms with Gasteiger partial charge in [0.2, 0.25) is 0 Å². The molecular weight excluding hydrogens is 187 g/mol. The highest BCUT2D eigenvalue weighted by molar-refractivity contribution is 5.90. The van der Waals surface area contributed by atoms with Gasteiger partial charge in [-0.1, -0.05) is 0 Å². The smallest absolute Gasteiger partial charge is 0.339 e. The van der Waals surface area contributed by atoms with Crippen LogP contribution in [0.3, 0.4) is 0 Å². The normalized spacial score (nSPS) is 10.3. The third-order valence-corrected chi connectivity index (χ3v) is 1.53. The summed E-state index contributed by atoms with van der Waals surface area (Å²) < 4.78 is 17.9. The Morgan fingerprint density at radius 3 is 2.64 bits per heavy atom. The fraction of sp³-hybridized carbons (Fsp3) is 0.300. The van der Waals surface area contributed by atoms with Gasteiger partial charge in [0.1, 0.15) is 17.1 Å². The molecule has 0 unspecified atom stereocenters. The first kappa shape index (κ1) is 10.5. The van der Waals surface area contributed by atoms with Gasteiger partial charge in [-0.3, -0.25) is 0 Å². The van der Waals surface area contributed by atoms with Gasteiger partial charge in [-0.25, -0.2) is 9.18 Å². The van der Waals surface area contributed by atoms with E-state index in [2.05, 4.69) is 0 Å². The number of ether oxygens (including phenoxy) is 1. The van der Waals surface area contributed by atoms with Crippen LogP contribution in [0.5, 0.6) is 5.75 Å². The Morgan fingerprint density at radius 1 is 1.50 bits per heavy atom. The Bertz CT molecular complexity index is 347. The quantitative estimate of drug-likeness (QED) is 0.810. The topological polar surface area (TPSA) is 46.5 Å². The summed E-state index contributed by atoms with van der Waals surface area (Å²) in [6.07, 6.45) is -0.140. The average Bonchev–Trinajstić information content (AvgIpc) is 2.07. The van der Waals surface area contributed by atoms with Crippen LogP contribution in [0.4, 0.5) is 4.39 Å². The van der Waals surface area contributed by atoms with Gasteiger partial charge in [-0.15, -0.1) is 0 Å². The number of hydrogen-bond acceptors (Lipinski definition) is 2. The highest BCUT2D eigenvalue weighted by atomic mass is 19.1. The lowest BCUT2D eigenvalue weighted by molar-refractivity contribution is 0.0690. The first-order valence-electron chi connectivity index (χ1n) is 4.20. The molecule has 0 saturated carbocycles. The molecule has 14 heavy (non-hydrogen) atoms. The van der Waals surface area contributed by atoms with Crippen LogP contribution in [-0.4, -0.2) is 17.2 Å². The first-order valence-corrected chi connectivity index (χ1v) is 4.20. The zero-order valence-corrected chi connectivity index (χ0v) is 7.95. The Labute approximate surface area is 81.1 Å². The molecule has 0 aliphatic carbocycles. The van der Waals surface area contributed by atoms with Crippen molar-refractivity contribution in [2.24, 2.45) is 0 Å². The van der Waals surface area contributed by atoms with E-state index in [1.54, 1.807) is 13.8 Å². The van der Waals surface area contributed by atoms with Crippen molar-refractivity contribution in [2.75, 3.05) is 0 Å². The minimum absolute atomic E-state index is 0.140. The third kappa shape index (κ3) is 2.45. The van der Waals surface area contributed by atoms with Crippen LogP contribution in [0.25, 0.3) is 0 Å². The molecule has 1 N–H and O–H groups in total. The number of carbonyl (C=O) groups is 1. The molecule has 0 heterocycles. The van der Waals surface area contributed by atoms with Gasteiger partial charge in [0, 0.05) is 0 Å². The predicted octanol–water partition coefficient (Wildman–Crippen LogP) is 2.31. The highest BCUT2D eigenvalue weighted by Gasteiger charge is 2.13. The zero-order chi connectivity index (χ0) is 10.7. The Kier molecular flexibility index (Phi) is 3.06.